The Kier molecular flexibility index (Phi) is 10.3. The van der Waals surface area contributed by atoms with E-state index in [9.17, 15) is 4.79 Å². The van der Waals surface area contributed by atoms with Crippen LogP contribution in [0.5, 0.6) is 11.5 Å². The summed E-state index contributed by atoms with van der Waals surface area (Å²) in [5.74, 6) is 1.76. The molecule has 12 heteroatoms. The number of halogens is 3. The van der Waals surface area contributed by atoms with Crippen molar-refractivity contribution in [3.63, 3.8) is 0 Å². The standard InChI is InChI=1S/C34H33Cl3N4O4S/c1-20-30(32(42)45-25-9-4-3-5-10-25)31(41-33(38-20)39-34(40-41)46-19-23-8-6-7-11-26(23)36)21-13-15-28(29(16-21)43-2)44-18-22-12-14-24(35)17-27(22)37/h6-8,11-17,25,31H,3-5,9-10,18-19H2,1-2H3,(H,38,39,40). The fraction of sp³-hybridized carbons (Fsp3) is 0.324. The molecule has 6 rings (SSSR count). The van der Waals surface area contributed by atoms with E-state index < -0.39 is 6.04 Å². The van der Waals surface area contributed by atoms with Gasteiger partial charge in [-0.15, -0.1) is 5.10 Å². The van der Waals surface area contributed by atoms with E-state index in [0.29, 0.717) is 54.7 Å². The molecule has 1 N–H and O–H groups in total. The number of thioether (sulfide) groups is 1. The zero-order valence-electron chi connectivity index (χ0n) is 25.4. The van der Waals surface area contributed by atoms with Gasteiger partial charge >= 0.3 is 5.97 Å². The SMILES string of the molecule is COc1cc(C2C(C(=O)OC3CCCCC3)=C(C)Nc3nc(SCc4ccccc4Cl)nn32)ccc1OCc1ccc(Cl)cc1Cl. The third kappa shape index (κ3) is 7.28. The van der Waals surface area contributed by atoms with Crippen molar-refractivity contribution >= 4 is 58.5 Å². The van der Waals surface area contributed by atoms with Crippen LogP contribution >= 0.6 is 46.6 Å². The number of ether oxygens (including phenoxy) is 3. The van der Waals surface area contributed by atoms with Gasteiger partial charge in [-0.3, -0.25) is 0 Å². The van der Waals surface area contributed by atoms with Gasteiger partial charge in [0.2, 0.25) is 11.1 Å². The van der Waals surface area contributed by atoms with Gasteiger partial charge in [-0.25, -0.2) is 9.48 Å². The zero-order valence-corrected chi connectivity index (χ0v) is 28.5. The third-order valence-electron chi connectivity index (χ3n) is 8.10. The van der Waals surface area contributed by atoms with Crippen molar-refractivity contribution in [3.05, 3.63) is 104 Å². The van der Waals surface area contributed by atoms with Crippen molar-refractivity contribution in [3.8, 4) is 11.5 Å². The topological polar surface area (TPSA) is 87.5 Å². The molecule has 0 radical (unpaired) electrons. The Hall–Kier alpha value is -3.37. The Morgan fingerprint density at radius 2 is 1.78 bits per heavy atom. The number of allylic oxidation sites excluding steroid dienone is 1. The molecule has 1 aromatic heterocycles. The molecule has 1 saturated carbocycles. The Labute approximate surface area is 287 Å². The molecule has 3 aromatic carbocycles. The number of methoxy groups -OCH3 is 1. The van der Waals surface area contributed by atoms with Gasteiger partial charge in [0.05, 0.1) is 12.7 Å². The van der Waals surface area contributed by atoms with Gasteiger partial charge < -0.3 is 19.5 Å². The maximum absolute atomic E-state index is 13.9. The van der Waals surface area contributed by atoms with Crippen LogP contribution in [-0.4, -0.2) is 33.9 Å². The molecule has 2 aliphatic rings. The fourth-order valence-electron chi connectivity index (χ4n) is 5.69. The number of carbonyl (C=O) groups excluding carboxylic acids is 1. The highest BCUT2D eigenvalue weighted by molar-refractivity contribution is 7.98. The van der Waals surface area contributed by atoms with Crippen molar-refractivity contribution in [1.29, 1.82) is 0 Å². The number of hydrogen-bond donors (Lipinski definition) is 1. The molecule has 1 aliphatic carbocycles. The van der Waals surface area contributed by atoms with Gasteiger partial charge in [0.1, 0.15) is 18.8 Å². The highest BCUT2D eigenvalue weighted by Gasteiger charge is 2.37. The van der Waals surface area contributed by atoms with E-state index in [1.54, 1.807) is 23.9 Å². The minimum atomic E-state index is -0.622. The van der Waals surface area contributed by atoms with Gasteiger partial charge in [0, 0.05) is 32.1 Å². The second-order valence-corrected chi connectivity index (χ2v) is 13.4. The van der Waals surface area contributed by atoms with Gasteiger partial charge in [-0.2, -0.15) is 4.98 Å². The van der Waals surface area contributed by atoms with Crippen LogP contribution in [0.4, 0.5) is 5.95 Å². The molecule has 1 aliphatic heterocycles. The molecular formula is C34H33Cl3N4O4S. The summed E-state index contributed by atoms with van der Waals surface area (Å²) in [6, 6.07) is 17.9. The van der Waals surface area contributed by atoms with Crippen LogP contribution in [0.25, 0.3) is 0 Å². The molecule has 0 bridgehead atoms. The molecule has 240 valence electrons. The number of fused-ring (bicyclic) bond motifs is 1. The van der Waals surface area contributed by atoms with E-state index in [-0.39, 0.29) is 18.7 Å². The summed E-state index contributed by atoms with van der Waals surface area (Å²) in [5.41, 5.74) is 3.66. The minimum Gasteiger partial charge on any atom is -0.493 e. The van der Waals surface area contributed by atoms with Gasteiger partial charge in [0.15, 0.2) is 11.5 Å². The summed E-state index contributed by atoms with van der Waals surface area (Å²) in [7, 11) is 1.58. The molecule has 8 nitrogen and oxygen atoms in total. The lowest BCUT2D eigenvalue weighted by Gasteiger charge is -2.30. The Morgan fingerprint density at radius 1 is 0.978 bits per heavy atom. The highest BCUT2D eigenvalue weighted by atomic mass is 35.5. The summed E-state index contributed by atoms with van der Waals surface area (Å²) in [4.78, 5) is 18.6. The first-order valence-electron chi connectivity index (χ1n) is 15.1. The maximum atomic E-state index is 13.9. The van der Waals surface area contributed by atoms with Crippen LogP contribution in [0.1, 0.15) is 61.8 Å². The number of nitrogens with zero attached hydrogens (tertiary/aromatic N) is 3. The Bertz CT molecular complexity index is 1770. The number of aromatic nitrogens is 3. The first-order valence-corrected chi connectivity index (χ1v) is 17.2. The third-order valence-corrected chi connectivity index (χ3v) is 9.94. The van der Waals surface area contributed by atoms with E-state index in [2.05, 4.69) is 5.32 Å². The summed E-state index contributed by atoms with van der Waals surface area (Å²) in [5, 5.41) is 10.5. The van der Waals surface area contributed by atoms with Crippen molar-refractivity contribution in [2.24, 2.45) is 0 Å². The Morgan fingerprint density at radius 3 is 2.54 bits per heavy atom. The molecule has 1 unspecified atom stereocenters. The number of rotatable bonds is 10. The lowest BCUT2D eigenvalue weighted by Crippen LogP contribution is -2.32. The monoisotopic (exact) mass is 698 g/mol. The number of carbonyl (C=O) groups is 1. The van der Waals surface area contributed by atoms with Gasteiger partial charge in [-0.1, -0.05) is 83.3 Å². The van der Waals surface area contributed by atoms with Crippen LogP contribution in [0.3, 0.4) is 0 Å². The number of esters is 1. The van der Waals surface area contributed by atoms with E-state index in [0.717, 1.165) is 48.8 Å². The van der Waals surface area contributed by atoms with Gasteiger partial charge in [0.25, 0.3) is 0 Å². The second kappa shape index (κ2) is 14.6. The average Bonchev–Trinajstić information content (AvgIpc) is 3.46. The quantitative estimate of drug-likeness (QED) is 0.130. The summed E-state index contributed by atoms with van der Waals surface area (Å²) in [6.45, 7) is 2.08. The smallest absolute Gasteiger partial charge is 0.338 e. The first kappa shape index (κ1) is 32.6. The summed E-state index contributed by atoms with van der Waals surface area (Å²) in [6.07, 6.45) is 4.89. The second-order valence-electron chi connectivity index (χ2n) is 11.2. The molecule has 2 heterocycles. The molecule has 4 aromatic rings. The molecular weight excluding hydrogens is 667 g/mol. The van der Waals surface area contributed by atoms with Crippen molar-refractivity contribution < 1.29 is 19.0 Å². The normalized spacial score (nSPS) is 16.5. The van der Waals surface area contributed by atoms with Crippen LogP contribution in [0.15, 0.2) is 77.1 Å². The predicted molar refractivity (Wildman–Crippen MR) is 182 cm³/mol. The molecule has 0 saturated heterocycles. The minimum absolute atomic E-state index is 0.105. The summed E-state index contributed by atoms with van der Waals surface area (Å²) < 4.78 is 19.7. The van der Waals surface area contributed by atoms with Crippen molar-refractivity contribution in [2.45, 2.75) is 68.7 Å². The number of nitrogens with one attached hydrogen (secondary N) is 1. The zero-order chi connectivity index (χ0) is 32.2. The summed E-state index contributed by atoms with van der Waals surface area (Å²) >= 11 is 20.3. The van der Waals surface area contributed by atoms with E-state index in [1.165, 1.54) is 11.8 Å². The van der Waals surface area contributed by atoms with Crippen molar-refractivity contribution in [1.82, 2.24) is 14.8 Å². The average molecular weight is 700 g/mol. The van der Waals surface area contributed by atoms with E-state index in [1.807, 2.05) is 55.5 Å². The van der Waals surface area contributed by atoms with Crippen LogP contribution in [0.2, 0.25) is 15.1 Å². The molecule has 1 fully saturated rings. The first-order chi connectivity index (χ1) is 22.3. The van der Waals surface area contributed by atoms with Crippen molar-refractivity contribution in [2.75, 3.05) is 12.4 Å². The maximum Gasteiger partial charge on any atom is 0.338 e. The molecule has 0 spiro atoms. The lowest BCUT2D eigenvalue weighted by molar-refractivity contribution is -0.146. The predicted octanol–water partition coefficient (Wildman–Crippen LogP) is 9.28. The fourth-order valence-corrected chi connectivity index (χ4v) is 7.27. The van der Waals surface area contributed by atoms with Crippen LogP contribution in [0, 0.1) is 0 Å². The highest BCUT2D eigenvalue weighted by Crippen LogP contribution is 2.41. The number of hydrogen-bond acceptors (Lipinski definition) is 8. The largest absolute Gasteiger partial charge is 0.493 e. The number of benzene rings is 3. The molecule has 0 amide bonds. The lowest BCUT2D eigenvalue weighted by atomic mass is 9.94. The van der Waals surface area contributed by atoms with E-state index in [4.69, 9.17) is 59.1 Å². The van der Waals surface area contributed by atoms with Crippen LogP contribution < -0.4 is 14.8 Å². The molecule has 1 atom stereocenters. The van der Waals surface area contributed by atoms with Crippen LogP contribution in [-0.2, 0) is 21.9 Å². The van der Waals surface area contributed by atoms with Gasteiger partial charge in [-0.05, 0) is 74.1 Å². The van der Waals surface area contributed by atoms with E-state index >= 15 is 0 Å². The number of anilines is 1. The Balaban J connectivity index is 1.32. The molecule has 46 heavy (non-hydrogen) atoms.